The van der Waals surface area contributed by atoms with Gasteiger partial charge in [-0.2, -0.15) is 0 Å². The molecule has 0 spiro atoms. The first-order valence-electron chi connectivity index (χ1n) is 14.2. The number of anilines is 2. The summed E-state index contributed by atoms with van der Waals surface area (Å²) in [6.07, 6.45) is -16.1. The van der Waals surface area contributed by atoms with Crippen LogP contribution in [0.5, 0.6) is 0 Å². The number of hydrogen-bond acceptors (Lipinski definition) is 12. The third kappa shape index (κ3) is 4.49. The zero-order valence-corrected chi connectivity index (χ0v) is 23.8. The van der Waals surface area contributed by atoms with Gasteiger partial charge >= 0.3 is 0 Å². The number of amides is 2. The lowest BCUT2D eigenvalue weighted by Crippen LogP contribution is -2.64. The summed E-state index contributed by atoms with van der Waals surface area (Å²) in [5, 5.41) is 82.9. The molecular formula is C30H34N2O12. The first-order valence-corrected chi connectivity index (χ1v) is 14.2. The number of hydrogen-bond donors (Lipinski definition) is 8. The van der Waals surface area contributed by atoms with Gasteiger partial charge < -0.3 is 50.3 Å². The van der Waals surface area contributed by atoms with E-state index < -0.39 is 86.3 Å². The zero-order chi connectivity index (χ0) is 31.8. The number of aliphatic hydroxyl groups is 8. The van der Waals surface area contributed by atoms with Crippen LogP contribution in [0.2, 0.25) is 0 Å². The highest BCUT2D eigenvalue weighted by molar-refractivity contribution is 6.50. The number of aliphatic hydroxyl groups excluding tert-OH is 8. The molecule has 10 atom stereocenters. The standard InChI is InChI=1S/C30H34N2O12/c1-11-3-5-15-13(7-11)19(27(41)31(15)29-25(39)23(37)21(35)17(9-33)43-29)20-14-8-12(2)4-6-16(14)32(28(20)42)30-26(40)24(38)22(36)18(10-34)44-30/h3-8,17-18,21-26,29-30,33-40H,9-10H2,1-2H3/b20-19-/t17-,18-,21-,22-,23+,24+,25+,26+,29-,30-/m0/s1. The number of carbonyl (C=O) groups excluding carboxylic acids is 2. The van der Waals surface area contributed by atoms with Crippen molar-refractivity contribution in [1.82, 2.24) is 0 Å². The van der Waals surface area contributed by atoms with Crippen LogP contribution in [-0.2, 0) is 19.1 Å². The number of benzene rings is 2. The van der Waals surface area contributed by atoms with Crippen LogP contribution in [0.3, 0.4) is 0 Å². The first-order chi connectivity index (χ1) is 20.9. The van der Waals surface area contributed by atoms with Crippen LogP contribution in [0.25, 0.3) is 11.1 Å². The van der Waals surface area contributed by atoms with Gasteiger partial charge in [0.2, 0.25) is 0 Å². The second kappa shape index (κ2) is 11.3. The van der Waals surface area contributed by atoms with Crippen molar-refractivity contribution in [3.05, 3.63) is 58.7 Å². The van der Waals surface area contributed by atoms with Crippen LogP contribution in [-0.4, -0.2) is 127 Å². The Balaban J connectivity index is 1.52. The Labute approximate surface area is 251 Å². The number of rotatable bonds is 4. The molecule has 14 heteroatoms. The van der Waals surface area contributed by atoms with E-state index in [-0.39, 0.29) is 22.5 Å². The molecule has 4 aliphatic rings. The summed E-state index contributed by atoms with van der Waals surface area (Å²) in [7, 11) is 0. The van der Waals surface area contributed by atoms with Crippen molar-refractivity contribution in [2.75, 3.05) is 23.0 Å². The van der Waals surface area contributed by atoms with Gasteiger partial charge in [-0.05, 0) is 38.1 Å². The van der Waals surface area contributed by atoms with Crippen LogP contribution < -0.4 is 9.80 Å². The highest BCUT2D eigenvalue weighted by Gasteiger charge is 2.54. The predicted octanol–water partition coefficient (Wildman–Crippen LogP) is -2.49. The first kappa shape index (κ1) is 30.7. The van der Waals surface area contributed by atoms with E-state index in [1.165, 1.54) is 0 Å². The number of aryl methyl sites for hydroxylation is 2. The second-order valence-corrected chi connectivity index (χ2v) is 11.6. The monoisotopic (exact) mass is 614 g/mol. The topological polar surface area (TPSA) is 221 Å². The normalized spacial score (nSPS) is 37.0. The molecule has 0 saturated carbocycles. The minimum atomic E-state index is -1.78. The fourth-order valence-corrected chi connectivity index (χ4v) is 6.39. The molecular weight excluding hydrogens is 580 g/mol. The summed E-state index contributed by atoms with van der Waals surface area (Å²) in [5.74, 6) is -1.55. The second-order valence-electron chi connectivity index (χ2n) is 11.6. The molecule has 2 aromatic rings. The SMILES string of the molecule is Cc1ccc2c(c1)/C(=C1/C(=O)N([C@H]3O[C@@H](CO)[C@H](O)[C@@H](O)[C@H]3O)c3ccc(C)cc31)C(=O)N2[C@H]1O[C@@H](CO)[C@H](O)[C@@H](O)[C@H]1O. The number of carbonyl (C=O) groups is 2. The summed E-state index contributed by atoms with van der Waals surface area (Å²) in [4.78, 5) is 30.9. The van der Waals surface area contributed by atoms with Crippen molar-refractivity contribution in [3.8, 4) is 0 Å². The van der Waals surface area contributed by atoms with E-state index in [0.717, 1.165) is 20.9 Å². The Morgan fingerprint density at radius 3 is 1.30 bits per heavy atom. The van der Waals surface area contributed by atoms with Crippen LogP contribution in [0.4, 0.5) is 11.4 Å². The molecule has 2 amide bonds. The smallest absolute Gasteiger partial charge is 0.262 e. The van der Waals surface area contributed by atoms with Gasteiger partial charge in [0.05, 0.1) is 35.7 Å². The van der Waals surface area contributed by atoms with Crippen molar-refractivity contribution in [2.24, 2.45) is 0 Å². The summed E-state index contributed by atoms with van der Waals surface area (Å²) in [6, 6.07) is 9.90. The molecule has 2 aromatic carbocycles. The van der Waals surface area contributed by atoms with Crippen molar-refractivity contribution >= 4 is 34.3 Å². The Morgan fingerprint density at radius 2 is 0.955 bits per heavy atom. The third-order valence-corrected chi connectivity index (χ3v) is 8.72. The van der Waals surface area contributed by atoms with Crippen LogP contribution in [0.1, 0.15) is 22.3 Å². The average Bonchev–Trinajstić information content (AvgIpc) is 3.43. The maximum Gasteiger partial charge on any atom is 0.262 e. The molecule has 4 aliphatic heterocycles. The average molecular weight is 615 g/mol. The maximum atomic E-state index is 14.4. The van der Waals surface area contributed by atoms with Gasteiger partial charge in [-0.15, -0.1) is 0 Å². The van der Waals surface area contributed by atoms with Crippen molar-refractivity contribution in [2.45, 2.75) is 75.1 Å². The van der Waals surface area contributed by atoms with Crippen molar-refractivity contribution < 1.29 is 59.9 Å². The van der Waals surface area contributed by atoms with Crippen molar-refractivity contribution in [3.63, 3.8) is 0 Å². The minimum absolute atomic E-state index is 0.0791. The molecule has 0 unspecified atom stereocenters. The number of nitrogens with zero attached hydrogens (tertiary/aromatic N) is 2. The molecule has 8 N–H and O–H groups in total. The Bertz CT molecular complexity index is 1410. The molecule has 2 saturated heterocycles. The zero-order valence-electron chi connectivity index (χ0n) is 23.8. The van der Waals surface area contributed by atoms with Gasteiger partial charge in [-0.25, -0.2) is 0 Å². The lowest BCUT2D eigenvalue weighted by molar-refractivity contribution is -0.228. The molecule has 0 aromatic heterocycles. The molecule has 44 heavy (non-hydrogen) atoms. The van der Waals surface area contributed by atoms with Gasteiger partial charge in [0, 0.05) is 11.1 Å². The highest BCUT2D eigenvalue weighted by Crippen LogP contribution is 2.49. The summed E-state index contributed by atoms with van der Waals surface area (Å²) < 4.78 is 11.4. The van der Waals surface area contributed by atoms with Crippen molar-refractivity contribution in [1.29, 1.82) is 0 Å². The van der Waals surface area contributed by atoms with Gasteiger partial charge in [0.15, 0.2) is 12.5 Å². The maximum absolute atomic E-state index is 14.4. The lowest BCUT2D eigenvalue weighted by Gasteiger charge is -2.43. The van der Waals surface area contributed by atoms with Crippen LogP contribution >= 0.6 is 0 Å². The molecule has 0 bridgehead atoms. The van der Waals surface area contributed by atoms with E-state index in [9.17, 15) is 50.4 Å². The molecule has 4 heterocycles. The largest absolute Gasteiger partial charge is 0.394 e. The molecule has 2 fully saturated rings. The fourth-order valence-electron chi connectivity index (χ4n) is 6.39. The van der Waals surface area contributed by atoms with E-state index in [2.05, 4.69) is 0 Å². The van der Waals surface area contributed by atoms with Gasteiger partial charge in [0.1, 0.15) is 48.8 Å². The Hall–Kier alpha value is -3.28. The van der Waals surface area contributed by atoms with E-state index in [0.29, 0.717) is 11.1 Å². The van der Waals surface area contributed by atoms with Gasteiger partial charge in [-0.3, -0.25) is 19.4 Å². The highest BCUT2D eigenvalue weighted by atomic mass is 16.6. The Morgan fingerprint density at radius 1 is 0.591 bits per heavy atom. The van der Waals surface area contributed by atoms with Gasteiger partial charge in [-0.1, -0.05) is 23.3 Å². The van der Waals surface area contributed by atoms with Gasteiger partial charge in [0.25, 0.3) is 11.8 Å². The third-order valence-electron chi connectivity index (χ3n) is 8.72. The number of fused-ring (bicyclic) bond motifs is 2. The number of ether oxygens (including phenoxy) is 2. The summed E-state index contributed by atoms with van der Waals surface area (Å²) >= 11 is 0. The molecule has 14 nitrogen and oxygen atoms in total. The van der Waals surface area contributed by atoms with Crippen LogP contribution in [0, 0.1) is 13.8 Å². The molecule has 0 aliphatic carbocycles. The Kier molecular flexibility index (Phi) is 7.87. The van der Waals surface area contributed by atoms with E-state index >= 15 is 0 Å². The van der Waals surface area contributed by atoms with E-state index in [4.69, 9.17) is 9.47 Å². The fraction of sp³-hybridized carbons (Fsp3) is 0.467. The van der Waals surface area contributed by atoms with E-state index in [1.54, 1.807) is 50.2 Å². The summed E-state index contributed by atoms with van der Waals surface area (Å²) in [6.45, 7) is 2.13. The van der Waals surface area contributed by atoms with E-state index in [1.807, 2.05) is 0 Å². The quantitative estimate of drug-likeness (QED) is 0.168. The summed E-state index contributed by atoms with van der Waals surface area (Å²) in [5.41, 5.74) is 2.38. The predicted molar refractivity (Wildman–Crippen MR) is 152 cm³/mol. The van der Waals surface area contributed by atoms with Crippen LogP contribution in [0.15, 0.2) is 36.4 Å². The lowest BCUT2D eigenvalue weighted by atomic mass is 9.94. The molecule has 0 radical (unpaired) electrons. The minimum Gasteiger partial charge on any atom is -0.394 e. The molecule has 236 valence electrons. The molecule has 6 rings (SSSR count).